The molecule has 0 spiro atoms. The van der Waals surface area contributed by atoms with Crippen LogP contribution in [0.3, 0.4) is 0 Å². The van der Waals surface area contributed by atoms with Crippen LogP contribution < -0.4 is 9.62 Å². The summed E-state index contributed by atoms with van der Waals surface area (Å²) in [6.45, 7) is 1.29. The lowest BCUT2D eigenvalue weighted by Crippen LogP contribution is -2.50. The van der Waals surface area contributed by atoms with E-state index in [1.165, 1.54) is 24.1 Å². The van der Waals surface area contributed by atoms with E-state index in [1.807, 2.05) is 24.3 Å². The Morgan fingerprint density at radius 2 is 1.80 bits per heavy atom. The maximum Gasteiger partial charge on any atom is 0.244 e. The van der Waals surface area contributed by atoms with Gasteiger partial charge in [0.15, 0.2) is 0 Å². The van der Waals surface area contributed by atoms with E-state index in [-0.39, 0.29) is 12.5 Å². The summed E-state index contributed by atoms with van der Waals surface area (Å²) in [6, 6.07) is 12.7. The molecule has 162 valence electrons. The van der Waals surface area contributed by atoms with Crippen LogP contribution in [0.4, 0.5) is 5.69 Å². The molecule has 0 bridgehead atoms. The Balaban J connectivity index is 2.36. The number of nitrogens with zero attached hydrogens (tertiary/aromatic N) is 2. The molecule has 0 aromatic heterocycles. The number of hydrogen-bond acceptors (Lipinski definition) is 4. The average Bonchev–Trinajstić information content (AvgIpc) is 2.69. The van der Waals surface area contributed by atoms with E-state index >= 15 is 0 Å². The van der Waals surface area contributed by atoms with Crippen molar-refractivity contribution in [2.45, 2.75) is 19.5 Å². The Labute approximate surface area is 190 Å². The van der Waals surface area contributed by atoms with Gasteiger partial charge in [-0.1, -0.05) is 39.7 Å². The standard InChI is InChI=1S/C20H23BrClN3O4S/c1-14(20(27)23-2)24(12-15-5-4-6-16(21)11-15)19(26)13-25(30(3,28)29)18-9-7-17(22)8-10-18/h4-11,14H,12-13H2,1-3H3,(H,23,27). The summed E-state index contributed by atoms with van der Waals surface area (Å²) in [4.78, 5) is 26.8. The van der Waals surface area contributed by atoms with Gasteiger partial charge >= 0.3 is 0 Å². The molecule has 1 unspecified atom stereocenters. The molecular formula is C20H23BrClN3O4S. The average molecular weight is 517 g/mol. The van der Waals surface area contributed by atoms with Gasteiger partial charge in [-0.15, -0.1) is 0 Å². The number of sulfonamides is 1. The maximum atomic E-state index is 13.2. The second-order valence-electron chi connectivity index (χ2n) is 6.69. The van der Waals surface area contributed by atoms with Gasteiger partial charge in [0.05, 0.1) is 11.9 Å². The fourth-order valence-electron chi connectivity index (χ4n) is 2.84. The van der Waals surface area contributed by atoms with Gasteiger partial charge in [0.2, 0.25) is 21.8 Å². The number of anilines is 1. The lowest BCUT2D eigenvalue weighted by Gasteiger charge is -2.31. The molecule has 0 saturated carbocycles. The molecule has 0 heterocycles. The van der Waals surface area contributed by atoms with E-state index in [2.05, 4.69) is 21.2 Å². The minimum Gasteiger partial charge on any atom is -0.357 e. The van der Waals surface area contributed by atoms with Gasteiger partial charge < -0.3 is 10.2 Å². The summed E-state index contributed by atoms with van der Waals surface area (Å²) in [5.41, 5.74) is 1.11. The number of carbonyl (C=O) groups excluding carboxylic acids is 2. The van der Waals surface area contributed by atoms with Crippen LogP contribution in [0.25, 0.3) is 0 Å². The van der Waals surface area contributed by atoms with Crippen LogP contribution in [0.15, 0.2) is 53.0 Å². The summed E-state index contributed by atoms with van der Waals surface area (Å²) < 4.78 is 26.6. The Morgan fingerprint density at radius 3 is 2.33 bits per heavy atom. The number of likely N-dealkylation sites (N-methyl/N-ethyl adjacent to an activating group) is 1. The first kappa shape index (κ1) is 24.2. The number of amides is 2. The van der Waals surface area contributed by atoms with Crippen molar-refractivity contribution in [3.05, 3.63) is 63.6 Å². The lowest BCUT2D eigenvalue weighted by molar-refractivity contribution is -0.139. The molecule has 2 aromatic carbocycles. The number of nitrogens with one attached hydrogen (secondary N) is 1. The minimum absolute atomic E-state index is 0.144. The third kappa shape index (κ3) is 6.45. The third-order valence-corrected chi connectivity index (χ3v) is 6.34. The van der Waals surface area contributed by atoms with Gasteiger partial charge in [0, 0.05) is 23.1 Å². The Bertz CT molecular complexity index is 1010. The summed E-state index contributed by atoms with van der Waals surface area (Å²) >= 11 is 9.28. The molecule has 30 heavy (non-hydrogen) atoms. The Hall–Kier alpha value is -2.10. The SMILES string of the molecule is CNC(=O)C(C)N(Cc1cccc(Br)c1)C(=O)CN(c1ccc(Cl)cc1)S(C)(=O)=O. The number of halogens is 2. The molecule has 0 aliphatic rings. The highest BCUT2D eigenvalue weighted by molar-refractivity contribution is 9.10. The zero-order chi connectivity index (χ0) is 22.5. The predicted octanol–water partition coefficient (Wildman–Crippen LogP) is 3.03. The van der Waals surface area contributed by atoms with Crippen molar-refractivity contribution >= 4 is 55.1 Å². The molecule has 2 rings (SSSR count). The van der Waals surface area contributed by atoms with E-state index in [4.69, 9.17) is 11.6 Å². The third-order valence-electron chi connectivity index (χ3n) is 4.45. The Morgan fingerprint density at radius 1 is 1.17 bits per heavy atom. The first-order valence-electron chi connectivity index (χ1n) is 9.01. The molecule has 2 aromatic rings. The van der Waals surface area contributed by atoms with Crippen molar-refractivity contribution < 1.29 is 18.0 Å². The number of carbonyl (C=O) groups is 2. The molecule has 7 nitrogen and oxygen atoms in total. The van der Waals surface area contributed by atoms with Gasteiger partial charge in [-0.2, -0.15) is 0 Å². The summed E-state index contributed by atoms with van der Waals surface area (Å²) in [5.74, 6) is -0.859. The fraction of sp³-hybridized carbons (Fsp3) is 0.300. The van der Waals surface area contributed by atoms with E-state index in [9.17, 15) is 18.0 Å². The molecule has 0 aliphatic carbocycles. The quantitative estimate of drug-likeness (QED) is 0.584. The van der Waals surface area contributed by atoms with Crippen molar-refractivity contribution in [3.63, 3.8) is 0 Å². The van der Waals surface area contributed by atoms with Crippen molar-refractivity contribution in [3.8, 4) is 0 Å². The second kappa shape index (κ2) is 10.3. The van der Waals surface area contributed by atoms with Gasteiger partial charge in [-0.05, 0) is 48.9 Å². The number of rotatable bonds is 8. The van der Waals surface area contributed by atoms with E-state index in [0.717, 1.165) is 20.6 Å². The number of hydrogen-bond donors (Lipinski definition) is 1. The van der Waals surface area contributed by atoms with E-state index in [1.54, 1.807) is 19.1 Å². The number of benzene rings is 2. The van der Waals surface area contributed by atoms with Gasteiger partial charge in [0.1, 0.15) is 12.6 Å². The van der Waals surface area contributed by atoms with Crippen LogP contribution in [0, 0.1) is 0 Å². The van der Waals surface area contributed by atoms with Gasteiger partial charge in [0.25, 0.3) is 0 Å². The van der Waals surface area contributed by atoms with Crippen molar-refractivity contribution in [1.29, 1.82) is 0 Å². The molecule has 2 amide bonds. The largest absolute Gasteiger partial charge is 0.357 e. The molecule has 1 atom stereocenters. The second-order valence-corrected chi connectivity index (χ2v) is 9.95. The molecule has 1 N–H and O–H groups in total. The molecule has 0 fully saturated rings. The summed E-state index contributed by atoms with van der Waals surface area (Å²) in [6.07, 6.45) is 1.02. The highest BCUT2D eigenvalue weighted by Gasteiger charge is 2.29. The first-order chi connectivity index (χ1) is 14.0. The zero-order valence-corrected chi connectivity index (χ0v) is 20.0. The summed E-state index contributed by atoms with van der Waals surface area (Å²) in [5, 5.41) is 2.98. The van der Waals surface area contributed by atoms with Crippen LogP contribution in [0.5, 0.6) is 0 Å². The maximum absolute atomic E-state index is 13.2. The van der Waals surface area contributed by atoms with Gasteiger partial charge in [-0.3, -0.25) is 13.9 Å². The van der Waals surface area contributed by atoms with Crippen LogP contribution in [-0.4, -0.2) is 51.0 Å². The van der Waals surface area contributed by atoms with Crippen molar-refractivity contribution in [2.75, 3.05) is 24.2 Å². The van der Waals surface area contributed by atoms with Crippen LogP contribution in [0.2, 0.25) is 5.02 Å². The topological polar surface area (TPSA) is 86.8 Å². The van der Waals surface area contributed by atoms with Crippen LogP contribution in [0.1, 0.15) is 12.5 Å². The highest BCUT2D eigenvalue weighted by atomic mass is 79.9. The fourth-order valence-corrected chi connectivity index (χ4v) is 4.27. The molecule has 0 radical (unpaired) electrons. The monoisotopic (exact) mass is 515 g/mol. The van der Waals surface area contributed by atoms with Crippen LogP contribution >= 0.6 is 27.5 Å². The van der Waals surface area contributed by atoms with E-state index < -0.39 is 28.5 Å². The zero-order valence-electron chi connectivity index (χ0n) is 16.8. The van der Waals surface area contributed by atoms with Gasteiger partial charge in [-0.25, -0.2) is 8.42 Å². The van der Waals surface area contributed by atoms with Crippen molar-refractivity contribution in [2.24, 2.45) is 0 Å². The Kier molecular flexibility index (Phi) is 8.28. The smallest absolute Gasteiger partial charge is 0.244 e. The minimum atomic E-state index is -3.76. The predicted molar refractivity (Wildman–Crippen MR) is 122 cm³/mol. The molecule has 10 heteroatoms. The molecule has 0 aliphatic heterocycles. The van der Waals surface area contributed by atoms with Crippen LogP contribution in [-0.2, 0) is 26.2 Å². The molecule has 0 saturated heterocycles. The highest BCUT2D eigenvalue weighted by Crippen LogP contribution is 2.22. The van der Waals surface area contributed by atoms with Crippen molar-refractivity contribution in [1.82, 2.24) is 10.2 Å². The molecular weight excluding hydrogens is 494 g/mol. The van der Waals surface area contributed by atoms with E-state index in [0.29, 0.717) is 10.7 Å². The first-order valence-corrected chi connectivity index (χ1v) is 12.0. The normalized spacial score (nSPS) is 12.2. The lowest BCUT2D eigenvalue weighted by atomic mass is 10.1. The summed E-state index contributed by atoms with van der Waals surface area (Å²) in [7, 11) is -2.27.